The molecule has 0 aromatic heterocycles. The van der Waals surface area contributed by atoms with Gasteiger partial charge in [0.1, 0.15) is 17.5 Å². The Morgan fingerprint density at radius 1 is 0.846 bits per heavy atom. The molecule has 39 heavy (non-hydrogen) atoms. The van der Waals surface area contributed by atoms with Crippen molar-refractivity contribution in [2.45, 2.75) is 56.9 Å². The Labute approximate surface area is 231 Å². The lowest BCUT2D eigenvalue weighted by atomic mass is 9.48. The van der Waals surface area contributed by atoms with Gasteiger partial charge in [-0.05, 0) is 123 Å². The molecule has 0 aliphatic heterocycles. The Balaban J connectivity index is 1.15. The van der Waals surface area contributed by atoms with E-state index in [0.29, 0.717) is 28.3 Å². The topological polar surface area (TPSA) is 75.7 Å². The molecule has 4 aliphatic rings. The number of hydrogen-bond acceptors (Lipinski definition) is 4. The highest BCUT2D eigenvalue weighted by atomic mass is 32.2. The quantitative estimate of drug-likeness (QED) is 0.341. The van der Waals surface area contributed by atoms with Crippen molar-refractivity contribution in [2.75, 3.05) is 15.9 Å². The molecule has 1 N–H and O–H groups in total. The third-order valence-corrected chi connectivity index (χ3v) is 10.2. The summed E-state index contributed by atoms with van der Waals surface area (Å²) in [5.74, 6) is 3.50. The Morgan fingerprint density at radius 3 is 1.92 bits per heavy atom. The smallest absolute Gasteiger partial charge is 0.247 e. The van der Waals surface area contributed by atoms with Crippen LogP contribution in [0.4, 0.5) is 11.4 Å². The highest BCUT2D eigenvalue weighted by Crippen LogP contribution is 2.60. The molecule has 1 atom stereocenters. The zero-order chi connectivity index (χ0) is 27.2. The van der Waals surface area contributed by atoms with Crippen LogP contribution in [0.2, 0.25) is 0 Å². The van der Waals surface area contributed by atoms with Crippen LogP contribution in [0.3, 0.4) is 0 Å². The van der Waals surface area contributed by atoms with Gasteiger partial charge in [0.15, 0.2) is 0 Å². The molecule has 0 radical (unpaired) electrons. The van der Waals surface area contributed by atoms with Crippen LogP contribution >= 0.6 is 0 Å². The number of amides is 1. The van der Waals surface area contributed by atoms with Crippen molar-refractivity contribution in [3.63, 3.8) is 0 Å². The van der Waals surface area contributed by atoms with E-state index >= 15 is 0 Å². The lowest BCUT2D eigenvalue weighted by molar-refractivity contribution is -0.116. The summed E-state index contributed by atoms with van der Waals surface area (Å²) >= 11 is 0. The first-order valence-electron chi connectivity index (χ1n) is 13.9. The number of carbonyl (C=O) groups is 1. The van der Waals surface area contributed by atoms with E-state index in [1.165, 1.54) is 44.1 Å². The number of nitrogens with zero attached hydrogens (tertiary/aromatic N) is 1. The first-order chi connectivity index (χ1) is 18.7. The van der Waals surface area contributed by atoms with E-state index < -0.39 is 16.1 Å². The minimum Gasteiger partial charge on any atom is -0.457 e. The molecular formula is C32H36N2O4S. The van der Waals surface area contributed by atoms with Gasteiger partial charge in [-0.25, -0.2) is 8.42 Å². The monoisotopic (exact) mass is 544 g/mol. The van der Waals surface area contributed by atoms with Crippen LogP contribution in [0.1, 0.15) is 51.0 Å². The predicted octanol–water partition coefficient (Wildman–Crippen LogP) is 6.74. The number of ether oxygens (including phenoxy) is 1. The third-order valence-electron chi connectivity index (χ3n) is 8.96. The first kappa shape index (κ1) is 25.9. The summed E-state index contributed by atoms with van der Waals surface area (Å²) in [5.41, 5.74) is 2.77. The van der Waals surface area contributed by atoms with Gasteiger partial charge in [-0.2, -0.15) is 0 Å². The van der Waals surface area contributed by atoms with Crippen molar-refractivity contribution in [2.24, 2.45) is 17.8 Å². The van der Waals surface area contributed by atoms with Gasteiger partial charge in [0.05, 0.1) is 11.9 Å². The average molecular weight is 545 g/mol. The number of anilines is 2. The fourth-order valence-electron chi connectivity index (χ4n) is 7.71. The number of sulfonamides is 1. The van der Waals surface area contributed by atoms with Gasteiger partial charge in [-0.1, -0.05) is 30.3 Å². The summed E-state index contributed by atoms with van der Waals surface area (Å²) < 4.78 is 32.5. The van der Waals surface area contributed by atoms with Gasteiger partial charge in [-0.3, -0.25) is 9.10 Å². The van der Waals surface area contributed by atoms with E-state index in [9.17, 15) is 13.2 Å². The van der Waals surface area contributed by atoms with Crippen molar-refractivity contribution in [1.29, 1.82) is 0 Å². The minimum atomic E-state index is -3.73. The van der Waals surface area contributed by atoms with Gasteiger partial charge < -0.3 is 10.1 Å². The zero-order valence-electron chi connectivity index (χ0n) is 22.5. The van der Waals surface area contributed by atoms with Crippen molar-refractivity contribution in [3.05, 3.63) is 84.4 Å². The average Bonchev–Trinajstić information content (AvgIpc) is 2.89. The number of carbonyl (C=O) groups excluding carboxylic acids is 1. The second-order valence-electron chi connectivity index (χ2n) is 11.9. The molecule has 0 heterocycles. The molecule has 4 saturated carbocycles. The molecule has 3 aromatic carbocycles. The van der Waals surface area contributed by atoms with Crippen LogP contribution in [-0.2, 0) is 20.2 Å². The Morgan fingerprint density at radius 2 is 1.38 bits per heavy atom. The molecule has 4 aliphatic carbocycles. The van der Waals surface area contributed by atoms with E-state index in [2.05, 4.69) is 17.4 Å². The van der Waals surface area contributed by atoms with E-state index in [-0.39, 0.29) is 5.91 Å². The summed E-state index contributed by atoms with van der Waals surface area (Å²) in [5, 5.41) is 2.94. The molecule has 204 valence electrons. The van der Waals surface area contributed by atoms with Crippen LogP contribution in [0, 0.1) is 17.8 Å². The van der Waals surface area contributed by atoms with Gasteiger partial charge in [0, 0.05) is 5.69 Å². The number of benzene rings is 3. The summed E-state index contributed by atoms with van der Waals surface area (Å²) in [7, 11) is -3.73. The van der Waals surface area contributed by atoms with E-state index in [4.69, 9.17) is 4.74 Å². The van der Waals surface area contributed by atoms with Gasteiger partial charge in [0.2, 0.25) is 15.9 Å². The van der Waals surface area contributed by atoms with E-state index in [0.717, 1.165) is 28.3 Å². The maximum Gasteiger partial charge on any atom is 0.247 e. The highest BCUT2D eigenvalue weighted by molar-refractivity contribution is 7.92. The summed E-state index contributed by atoms with van der Waals surface area (Å²) in [6.07, 6.45) is 9.22. The number of rotatable bonds is 8. The first-order valence-corrected chi connectivity index (χ1v) is 15.8. The molecule has 1 amide bonds. The molecule has 0 saturated heterocycles. The molecule has 6 nitrogen and oxygen atoms in total. The third kappa shape index (κ3) is 5.29. The minimum absolute atomic E-state index is 0.300. The second-order valence-corrected chi connectivity index (χ2v) is 13.8. The normalized spacial score (nSPS) is 26.2. The predicted molar refractivity (Wildman–Crippen MR) is 155 cm³/mol. The Kier molecular flexibility index (Phi) is 6.66. The van der Waals surface area contributed by atoms with Crippen LogP contribution in [0.25, 0.3) is 0 Å². The van der Waals surface area contributed by atoms with Gasteiger partial charge in [-0.15, -0.1) is 0 Å². The van der Waals surface area contributed by atoms with E-state index in [1.54, 1.807) is 31.2 Å². The molecule has 7 rings (SSSR count). The maximum absolute atomic E-state index is 13.2. The SMILES string of the molecule is C[C@@H](C(=O)Nc1ccc(C23CC4CC(CC(C4)C2)C3)cc1)N(c1ccc(Oc2ccccc2)cc1)S(C)(=O)=O. The Bertz CT molecular complexity index is 1400. The molecular weight excluding hydrogens is 508 g/mol. The largest absolute Gasteiger partial charge is 0.457 e. The number of hydrogen-bond donors (Lipinski definition) is 1. The lowest BCUT2D eigenvalue weighted by Gasteiger charge is -2.57. The van der Waals surface area contributed by atoms with Crippen molar-refractivity contribution < 1.29 is 17.9 Å². The fourth-order valence-corrected chi connectivity index (χ4v) is 8.89. The summed E-state index contributed by atoms with van der Waals surface area (Å²) in [4.78, 5) is 13.2. The Hall–Kier alpha value is -3.32. The van der Waals surface area contributed by atoms with Crippen molar-refractivity contribution in [3.8, 4) is 11.5 Å². The standard InChI is InChI=1S/C32H36N2O4S/c1-22(34(39(2,36)37)28-12-14-30(15-13-28)38-29-6-4-3-5-7-29)31(35)33-27-10-8-26(9-11-27)32-19-23-16-24(20-32)18-25(17-23)21-32/h3-15,22-25H,16-21H2,1-2H3,(H,33,35)/t22-,23?,24?,25?,32?/m0/s1. The van der Waals surface area contributed by atoms with Gasteiger partial charge >= 0.3 is 0 Å². The molecule has 4 bridgehead atoms. The summed E-state index contributed by atoms with van der Waals surface area (Å²) in [6.45, 7) is 1.61. The molecule has 3 aromatic rings. The molecule has 0 unspecified atom stereocenters. The zero-order valence-corrected chi connectivity index (χ0v) is 23.4. The van der Waals surface area contributed by atoms with Crippen LogP contribution in [-0.4, -0.2) is 26.6 Å². The van der Waals surface area contributed by atoms with Gasteiger partial charge in [0.25, 0.3) is 0 Å². The van der Waals surface area contributed by atoms with Crippen molar-refractivity contribution >= 4 is 27.3 Å². The lowest BCUT2D eigenvalue weighted by Crippen LogP contribution is -2.48. The maximum atomic E-state index is 13.2. The van der Waals surface area contributed by atoms with Crippen molar-refractivity contribution in [1.82, 2.24) is 0 Å². The molecule has 7 heteroatoms. The van der Waals surface area contributed by atoms with Crippen LogP contribution in [0.5, 0.6) is 11.5 Å². The second kappa shape index (κ2) is 10.0. The highest BCUT2D eigenvalue weighted by Gasteiger charge is 2.51. The van der Waals surface area contributed by atoms with E-state index in [1.807, 2.05) is 42.5 Å². The fraction of sp³-hybridized carbons (Fsp3) is 0.406. The van der Waals surface area contributed by atoms with Crippen LogP contribution in [0.15, 0.2) is 78.9 Å². The number of para-hydroxylation sites is 1. The number of nitrogens with one attached hydrogen (secondary N) is 1. The molecule has 0 spiro atoms. The van der Waals surface area contributed by atoms with Crippen LogP contribution < -0.4 is 14.4 Å². The molecule has 4 fully saturated rings. The summed E-state index contributed by atoms with van der Waals surface area (Å²) in [6, 6.07) is 23.4.